The Morgan fingerprint density at radius 2 is 2.00 bits per heavy atom. The van der Waals surface area contributed by atoms with Crippen molar-refractivity contribution in [2.24, 2.45) is 0 Å². The largest absolute Gasteiger partial charge is 0.337 e. The van der Waals surface area contributed by atoms with Gasteiger partial charge in [-0.3, -0.25) is 9.48 Å². The van der Waals surface area contributed by atoms with E-state index in [0.717, 1.165) is 43.7 Å². The van der Waals surface area contributed by atoms with E-state index in [-0.39, 0.29) is 5.91 Å². The fourth-order valence-corrected chi connectivity index (χ4v) is 4.15. The molecule has 134 valence electrons. The molecule has 4 nitrogen and oxygen atoms in total. The van der Waals surface area contributed by atoms with E-state index in [1.165, 1.54) is 10.4 Å². The lowest BCUT2D eigenvalue weighted by Gasteiger charge is -2.20. The summed E-state index contributed by atoms with van der Waals surface area (Å²) in [5.74, 6) is 0.258. The summed E-state index contributed by atoms with van der Waals surface area (Å²) < 4.78 is 2.08. The van der Waals surface area contributed by atoms with Crippen LogP contribution in [0.1, 0.15) is 30.5 Å². The molecule has 3 heterocycles. The Morgan fingerprint density at radius 1 is 1.12 bits per heavy atom. The van der Waals surface area contributed by atoms with Crippen LogP contribution in [0.2, 0.25) is 0 Å². The molecule has 0 saturated heterocycles. The van der Waals surface area contributed by atoms with Gasteiger partial charge in [-0.25, -0.2) is 0 Å². The Balaban J connectivity index is 1.38. The van der Waals surface area contributed by atoms with E-state index in [1.807, 2.05) is 17.0 Å². The molecule has 1 aliphatic heterocycles. The normalized spacial score (nSPS) is 14.1. The molecule has 26 heavy (non-hydrogen) atoms. The van der Waals surface area contributed by atoms with Crippen molar-refractivity contribution in [2.45, 2.75) is 38.8 Å². The Morgan fingerprint density at radius 3 is 2.81 bits per heavy atom. The van der Waals surface area contributed by atoms with Crippen LogP contribution < -0.4 is 0 Å². The first-order valence-electron chi connectivity index (χ1n) is 9.22. The summed E-state index contributed by atoms with van der Waals surface area (Å²) in [6, 6.07) is 16.7. The fraction of sp³-hybridized carbons (Fsp3) is 0.333. The number of amides is 1. The van der Waals surface area contributed by atoms with Crippen molar-refractivity contribution in [2.75, 3.05) is 6.54 Å². The maximum atomic E-state index is 12.7. The first kappa shape index (κ1) is 17.0. The summed E-state index contributed by atoms with van der Waals surface area (Å²) in [6.07, 6.45) is 3.43. The van der Waals surface area contributed by atoms with Gasteiger partial charge in [0.25, 0.3) is 0 Å². The molecule has 0 bridgehead atoms. The van der Waals surface area contributed by atoms with Crippen LogP contribution in [0.15, 0.2) is 53.9 Å². The molecule has 0 unspecified atom stereocenters. The lowest BCUT2D eigenvalue weighted by Crippen LogP contribution is -2.30. The SMILES string of the molecule is O=C(CCCc1ccccc1)N1CCCn2nc(-c3cccs3)cc2C1. The average Bonchev–Trinajstić information content (AvgIpc) is 3.28. The summed E-state index contributed by atoms with van der Waals surface area (Å²) in [5, 5.41) is 6.81. The van der Waals surface area contributed by atoms with Crippen LogP contribution in [0.4, 0.5) is 0 Å². The van der Waals surface area contributed by atoms with E-state index in [0.29, 0.717) is 13.0 Å². The van der Waals surface area contributed by atoms with Gasteiger partial charge in [0, 0.05) is 19.5 Å². The van der Waals surface area contributed by atoms with Crippen molar-refractivity contribution in [3.05, 3.63) is 65.2 Å². The Labute approximate surface area is 158 Å². The number of carbonyl (C=O) groups excluding carboxylic acids is 1. The summed E-state index contributed by atoms with van der Waals surface area (Å²) in [5.41, 5.74) is 3.46. The van der Waals surface area contributed by atoms with E-state index in [9.17, 15) is 4.79 Å². The predicted molar refractivity (Wildman–Crippen MR) is 105 cm³/mol. The highest BCUT2D eigenvalue weighted by molar-refractivity contribution is 7.13. The molecule has 0 radical (unpaired) electrons. The minimum Gasteiger partial charge on any atom is -0.337 e. The summed E-state index contributed by atoms with van der Waals surface area (Å²) in [7, 11) is 0. The van der Waals surface area contributed by atoms with E-state index in [4.69, 9.17) is 5.10 Å². The van der Waals surface area contributed by atoms with Gasteiger partial charge in [0.2, 0.25) is 5.91 Å². The number of benzene rings is 1. The summed E-state index contributed by atoms with van der Waals surface area (Å²) in [6.45, 7) is 2.37. The maximum Gasteiger partial charge on any atom is 0.222 e. The van der Waals surface area contributed by atoms with E-state index in [1.54, 1.807) is 11.3 Å². The Hall–Kier alpha value is -2.40. The van der Waals surface area contributed by atoms with Crippen molar-refractivity contribution >= 4 is 17.2 Å². The van der Waals surface area contributed by atoms with Crippen molar-refractivity contribution in [3.63, 3.8) is 0 Å². The summed E-state index contributed by atoms with van der Waals surface area (Å²) in [4.78, 5) is 15.9. The molecule has 4 rings (SSSR count). The quantitative estimate of drug-likeness (QED) is 0.673. The van der Waals surface area contributed by atoms with Crippen LogP contribution in [-0.2, 0) is 24.3 Å². The number of aromatic nitrogens is 2. The molecule has 3 aromatic rings. The molecule has 1 aromatic carbocycles. The van der Waals surface area contributed by atoms with Gasteiger partial charge in [-0.2, -0.15) is 5.10 Å². The Kier molecular flexibility index (Phi) is 5.16. The van der Waals surface area contributed by atoms with Gasteiger partial charge >= 0.3 is 0 Å². The molecular weight excluding hydrogens is 342 g/mol. The molecule has 2 aromatic heterocycles. The fourth-order valence-electron chi connectivity index (χ4n) is 3.47. The average molecular weight is 366 g/mol. The van der Waals surface area contributed by atoms with Gasteiger partial charge in [-0.15, -0.1) is 11.3 Å². The second-order valence-corrected chi connectivity index (χ2v) is 7.68. The van der Waals surface area contributed by atoms with Gasteiger partial charge in [-0.1, -0.05) is 36.4 Å². The highest BCUT2D eigenvalue weighted by Gasteiger charge is 2.20. The molecule has 1 amide bonds. The third-order valence-electron chi connectivity index (χ3n) is 4.84. The first-order valence-corrected chi connectivity index (χ1v) is 10.1. The number of hydrogen-bond acceptors (Lipinski definition) is 3. The minimum absolute atomic E-state index is 0.258. The Bertz CT molecular complexity index is 855. The number of nitrogens with zero attached hydrogens (tertiary/aromatic N) is 3. The number of thiophene rings is 1. The second kappa shape index (κ2) is 7.87. The van der Waals surface area contributed by atoms with E-state index in [2.05, 4.69) is 46.5 Å². The van der Waals surface area contributed by atoms with Crippen molar-refractivity contribution in [3.8, 4) is 10.6 Å². The van der Waals surface area contributed by atoms with Crippen LogP contribution in [0.5, 0.6) is 0 Å². The van der Waals surface area contributed by atoms with Crippen LogP contribution in [0, 0.1) is 0 Å². The molecule has 0 saturated carbocycles. The number of rotatable bonds is 5. The second-order valence-electron chi connectivity index (χ2n) is 6.73. The molecule has 5 heteroatoms. The lowest BCUT2D eigenvalue weighted by atomic mass is 10.1. The zero-order chi connectivity index (χ0) is 17.8. The van der Waals surface area contributed by atoms with Gasteiger partial charge < -0.3 is 4.90 Å². The van der Waals surface area contributed by atoms with Gasteiger partial charge in [0.15, 0.2) is 0 Å². The molecular formula is C21H23N3OS. The molecule has 0 atom stereocenters. The van der Waals surface area contributed by atoms with Crippen LogP contribution in [-0.4, -0.2) is 27.1 Å². The monoisotopic (exact) mass is 365 g/mol. The van der Waals surface area contributed by atoms with Gasteiger partial charge in [0.1, 0.15) is 5.69 Å². The number of aryl methyl sites for hydroxylation is 2. The molecule has 0 fully saturated rings. The maximum absolute atomic E-state index is 12.7. The van der Waals surface area contributed by atoms with E-state index < -0.39 is 0 Å². The smallest absolute Gasteiger partial charge is 0.222 e. The topological polar surface area (TPSA) is 38.1 Å². The molecule has 1 aliphatic rings. The number of fused-ring (bicyclic) bond motifs is 1. The zero-order valence-corrected chi connectivity index (χ0v) is 15.6. The van der Waals surface area contributed by atoms with Crippen LogP contribution in [0.3, 0.4) is 0 Å². The summed E-state index contributed by atoms with van der Waals surface area (Å²) >= 11 is 1.70. The highest BCUT2D eigenvalue weighted by atomic mass is 32.1. The van der Waals surface area contributed by atoms with Gasteiger partial charge in [0.05, 0.1) is 17.1 Å². The predicted octanol–water partition coefficient (Wildman–Crippen LogP) is 4.37. The number of hydrogen-bond donors (Lipinski definition) is 0. The molecule has 0 aliphatic carbocycles. The molecule has 0 N–H and O–H groups in total. The molecule has 0 spiro atoms. The van der Waals surface area contributed by atoms with E-state index >= 15 is 0 Å². The first-order chi connectivity index (χ1) is 12.8. The lowest BCUT2D eigenvalue weighted by molar-refractivity contribution is -0.131. The van der Waals surface area contributed by atoms with Crippen LogP contribution >= 0.6 is 11.3 Å². The highest BCUT2D eigenvalue weighted by Crippen LogP contribution is 2.26. The van der Waals surface area contributed by atoms with Crippen molar-refractivity contribution in [1.82, 2.24) is 14.7 Å². The standard InChI is InChI=1S/C21H23N3OS/c25-21(11-4-9-17-7-2-1-3-8-17)23-12-6-13-24-18(16-23)15-19(22-24)20-10-5-14-26-20/h1-3,5,7-8,10,14-15H,4,6,9,11-13,16H2. The van der Waals surface area contributed by atoms with Crippen molar-refractivity contribution < 1.29 is 4.79 Å². The zero-order valence-electron chi connectivity index (χ0n) is 14.8. The van der Waals surface area contributed by atoms with Crippen molar-refractivity contribution in [1.29, 1.82) is 0 Å². The number of carbonyl (C=O) groups is 1. The van der Waals surface area contributed by atoms with Gasteiger partial charge in [-0.05, 0) is 42.3 Å². The third-order valence-corrected chi connectivity index (χ3v) is 5.73. The minimum atomic E-state index is 0.258. The van der Waals surface area contributed by atoms with Crippen LogP contribution in [0.25, 0.3) is 10.6 Å². The third kappa shape index (κ3) is 3.88.